The summed E-state index contributed by atoms with van der Waals surface area (Å²) in [4.78, 5) is 3.73. The molecule has 0 aliphatic rings. The van der Waals surface area contributed by atoms with Crippen LogP contribution in [0.15, 0.2) is 12.4 Å². The van der Waals surface area contributed by atoms with Gasteiger partial charge in [0.05, 0.1) is 28.6 Å². The molecule has 0 radical (unpaired) electrons. The minimum absolute atomic E-state index is 0.0382. The molecule has 13 heavy (non-hydrogen) atoms. The molecule has 0 aliphatic carbocycles. The van der Waals surface area contributed by atoms with Gasteiger partial charge in [0.2, 0.25) is 0 Å². The summed E-state index contributed by atoms with van der Waals surface area (Å²) in [6.45, 7) is 0. The number of nitrogens with zero attached hydrogens (tertiary/aromatic N) is 2. The fourth-order valence-corrected chi connectivity index (χ4v) is 1.54. The van der Waals surface area contributed by atoms with Gasteiger partial charge in [-0.25, -0.2) is 0 Å². The smallest absolute Gasteiger partial charge is 0.0949 e. The van der Waals surface area contributed by atoms with Crippen LogP contribution in [-0.2, 0) is 0 Å². The summed E-state index contributed by atoms with van der Waals surface area (Å²) < 4.78 is 0. The molecule has 5 heteroatoms. The first-order valence-corrected chi connectivity index (χ1v) is 4.26. The predicted molar refractivity (Wildman–Crippen MR) is 49.4 cm³/mol. The molecule has 1 heterocycles. The Morgan fingerprint density at radius 1 is 1.46 bits per heavy atom. The third kappa shape index (κ3) is 2.31. The molecule has 0 saturated heterocycles. The number of aliphatic hydroxyl groups excluding tert-OH is 1. The molecule has 3 nitrogen and oxygen atoms in total. The fourth-order valence-electron chi connectivity index (χ4n) is 0.928. The minimum atomic E-state index is -0.951. The van der Waals surface area contributed by atoms with Crippen LogP contribution < -0.4 is 0 Å². The molecule has 0 fully saturated rings. The van der Waals surface area contributed by atoms with E-state index in [0.29, 0.717) is 5.56 Å². The molecule has 0 saturated carbocycles. The zero-order valence-electron chi connectivity index (χ0n) is 6.54. The highest BCUT2D eigenvalue weighted by Crippen LogP contribution is 2.30. The lowest BCUT2D eigenvalue weighted by atomic mass is 10.1. The third-order valence-electron chi connectivity index (χ3n) is 1.51. The van der Waals surface area contributed by atoms with Crippen molar-refractivity contribution in [2.45, 2.75) is 12.5 Å². The van der Waals surface area contributed by atoms with Gasteiger partial charge in [-0.2, -0.15) is 5.26 Å². The van der Waals surface area contributed by atoms with E-state index in [-0.39, 0.29) is 16.5 Å². The van der Waals surface area contributed by atoms with Crippen molar-refractivity contribution in [3.8, 4) is 6.07 Å². The van der Waals surface area contributed by atoms with E-state index in [1.54, 1.807) is 0 Å². The maximum Gasteiger partial charge on any atom is 0.0949 e. The molecular weight excluding hydrogens is 211 g/mol. The highest BCUT2D eigenvalue weighted by atomic mass is 35.5. The van der Waals surface area contributed by atoms with Crippen molar-refractivity contribution in [3.63, 3.8) is 0 Å². The van der Waals surface area contributed by atoms with Crippen LogP contribution in [0, 0.1) is 11.3 Å². The number of halogens is 2. The van der Waals surface area contributed by atoms with E-state index in [0.717, 1.165) is 0 Å². The minimum Gasteiger partial charge on any atom is -0.387 e. The lowest BCUT2D eigenvalue weighted by molar-refractivity contribution is 0.183. The highest BCUT2D eigenvalue weighted by molar-refractivity contribution is 6.35. The maximum atomic E-state index is 9.46. The molecule has 1 unspecified atom stereocenters. The second-order valence-corrected chi connectivity index (χ2v) is 3.21. The van der Waals surface area contributed by atoms with E-state index >= 15 is 0 Å². The number of hydrogen-bond donors (Lipinski definition) is 1. The fraction of sp³-hybridized carbons (Fsp3) is 0.250. The largest absolute Gasteiger partial charge is 0.387 e. The van der Waals surface area contributed by atoms with Crippen LogP contribution in [0.4, 0.5) is 0 Å². The molecule has 1 N–H and O–H groups in total. The van der Waals surface area contributed by atoms with E-state index in [1.807, 2.05) is 6.07 Å². The second-order valence-electron chi connectivity index (χ2n) is 2.39. The first-order chi connectivity index (χ1) is 6.16. The zero-order valence-corrected chi connectivity index (χ0v) is 8.05. The van der Waals surface area contributed by atoms with E-state index in [9.17, 15) is 5.11 Å². The summed E-state index contributed by atoms with van der Waals surface area (Å²) in [5, 5.41) is 18.4. The average Bonchev–Trinajstić information content (AvgIpc) is 2.04. The van der Waals surface area contributed by atoms with Gasteiger partial charge in [-0.3, -0.25) is 4.98 Å². The van der Waals surface area contributed by atoms with Crippen molar-refractivity contribution in [1.29, 1.82) is 5.26 Å². The van der Waals surface area contributed by atoms with E-state index < -0.39 is 6.10 Å². The molecule has 0 aliphatic heterocycles. The van der Waals surface area contributed by atoms with Gasteiger partial charge in [-0.05, 0) is 0 Å². The number of aliphatic hydroxyl groups is 1. The van der Waals surface area contributed by atoms with Crippen LogP contribution >= 0.6 is 23.2 Å². The van der Waals surface area contributed by atoms with E-state index in [2.05, 4.69) is 4.98 Å². The molecule has 0 aromatic carbocycles. The Labute approximate surface area is 85.5 Å². The molecule has 1 rings (SSSR count). The van der Waals surface area contributed by atoms with Crippen LogP contribution in [0.3, 0.4) is 0 Å². The summed E-state index contributed by atoms with van der Waals surface area (Å²) in [7, 11) is 0. The molecule has 1 aromatic rings. The standard InChI is InChI=1S/C8H6Cl2N2O/c9-5-3-12-4-6(10)8(5)7(13)1-2-11/h3-4,7,13H,1H2. The first-order valence-electron chi connectivity index (χ1n) is 3.50. The number of hydrogen-bond acceptors (Lipinski definition) is 3. The van der Waals surface area contributed by atoms with Crippen molar-refractivity contribution in [2.24, 2.45) is 0 Å². The Morgan fingerprint density at radius 3 is 2.46 bits per heavy atom. The van der Waals surface area contributed by atoms with Crippen molar-refractivity contribution in [1.82, 2.24) is 4.98 Å². The van der Waals surface area contributed by atoms with Gasteiger partial charge < -0.3 is 5.11 Å². The lowest BCUT2D eigenvalue weighted by Gasteiger charge is -2.09. The third-order valence-corrected chi connectivity index (χ3v) is 2.11. The Morgan fingerprint density at radius 2 is 2.00 bits per heavy atom. The molecule has 0 amide bonds. The van der Waals surface area contributed by atoms with Crippen LogP contribution in [0.2, 0.25) is 10.0 Å². The van der Waals surface area contributed by atoms with E-state index in [1.165, 1.54) is 12.4 Å². The normalized spacial score (nSPS) is 12.2. The molecule has 68 valence electrons. The summed E-state index contributed by atoms with van der Waals surface area (Å²) in [6.07, 6.45) is 1.77. The van der Waals surface area contributed by atoms with E-state index in [4.69, 9.17) is 28.5 Å². The summed E-state index contributed by atoms with van der Waals surface area (Å²) in [5.41, 5.74) is 0.361. The van der Waals surface area contributed by atoms with Crippen LogP contribution in [0.25, 0.3) is 0 Å². The van der Waals surface area contributed by atoms with Gasteiger partial charge >= 0.3 is 0 Å². The Kier molecular flexibility index (Phi) is 3.49. The number of rotatable bonds is 2. The maximum absolute atomic E-state index is 9.46. The molecule has 1 aromatic heterocycles. The summed E-state index contributed by atoms with van der Waals surface area (Å²) >= 11 is 11.5. The lowest BCUT2D eigenvalue weighted by Crippen LogP contribution is -1.98. The van der Waals surface area contributed by atoms with Crippen molar-refractivity contribution in [3.05, 3.63) is 28.0 Å². The molecular formula is C8H6Cl2N2O. The van der Waals surface area contributed by atoms with Gasteiger partial charge in [0, 0.05) is 18.0 Å². The summed E-state index contributed by atoms with van der Waals surface area (Å²) in [6, 6.07) is 1.83. The average molecular weight is 217 g/mol. The van der Waals surface area contributed by atoms with Crippen LogP contribution in [-0.4, -0.2) is 10.1 Å². The second kappa shape index (κ2) is 4.43. The topological polar surface area (TPSA) is 56.9 Å². The van der Waals surface area contributed by atoms with Gasteiger partial charge in [0.15, 0.2) is 0 Å². The molecule has 0 bridgehead atoms. The number of pyridine rings is 1. The monoisotopic (exact) mass is 216 g/mol. The van der Waals surface area contributed by atoms with Crippen LogP contribution in [0.1, 0.15) is 18.1 Å². The van der Waals surface area contributed by atoms with Crippen molar-refractivity contribution >= 4 is 23.2 Å². The first kappa shape index (κ1) is 10.3. The molecule has 1 atom stereocenters. The molecule has 0 spiro atoms. The van der Waals surface area contributed by atoms with Crippen LogP contribution in [0.5, 0.6) is 0 Å². The van der Waals surface area contributed by atoms with Gasteiger partial charge in [0.25, 0.3) is 0 Å². The zero-order chi connectivity index (χ0) is 9.84. The Hall–Kier alpha value is -0.820. The number of aromatic nitrogens is 1. The van der Waals surface area contributed by atoms with Gasteiger partial charge in [-0.15, -0.1) is 0 Å². The highest BCUT2D eigenvalue weighted by Gasteiger charge is 2.15. The van der Waals surface area contributed by atoms with Crippen molar-refractivity contribution in [2.75, 3.05) is 0 Å². The van der Waals surface area contributed by atoms with Crippen molar-refractivity contribution < 1.29 is 5.11 Å². The Balaban J connectivity index is 3.06. The SMILES string of the molecule is N#CCC(O)c1c(Cl)cncc1Cl. The Bertz CT molecular complexity index is 328. The quantitative estimate of drug-likeness (QED) is 0.826. The van der Waals surface area contributed by atoms with Gasteiger partial charge in [-0.1, -0.05) is 23.2 Å². The summed E-state index contributed by atoms with van der Waals surface area (Å²) in [5.74, 6) is 0. The predicted octanol–water partition coefficient (Wildman–Crippen LogP) is 2.34. The number of nitriles is 1. The van der Waals surface area contributed by atoms with Gasteiger partial charge in [0.1, 0.15) is 0 Å².